The molecule has 150 valence electrons. The van der Waals surface area contributed by atoms with E-state index in [9.17, 15) is 27.0 Å². The number of esters is 1. The number of carbonyl (C=O) groups excluding carboxylic acids is 2. The van der Waals surface area contributed by atoms with Crippen LogP contribution in [0, 0.1) is 0 Å². The molecule has 0 saturated heterocycles. The third-order valence-electron chi connectivity index (χ3n) is 3.87. The summed E-state index contributed by atoms with van der Waals surface area (Å²) in [6.07, 6.45) is -4.78. The Morgan fingerprint density at radius 2 is 1.68 bits per heavy atom. The fraction of sp³-hybridized carbons (Fsp3) is 0.263. The predicted molar refractivity (Wildman–Crippen MR) is 97.0 cm³/mol. The zero-order valence-electron chi connectivity index (χ0n) is 14.9. The number of amides is 1. The summed E-state index contributed by atoms with van der Waals surface area (Å²) in [5.41, 5.74) is -1.71. The molecule has 1 N–H and O–H groups in total. The lowest BCUT2D eigenvalue weighted by Crippen LogP contribution is -2.43. The summed E-state index contributed by atoms with van der Waals surface area (Å²) >= 11 is 0. The topological polar surface area (TPSA) is 72.5 Å². The normalized spacial score (nSPS) is 13.4. The van der Waals surface area contributed by atoms with Crippen LogP contribution in [0.1, 0.15) is 22.3 Å². The number of rotatable bonds is 7. The molecule has 0 fully saturated rings. The molecule has 0 heterocycles. The molecule has 1 amide bonds. The molecule has 0 unspecified atom stereocenters. The number of carbonyl (C=O) groups is 2. The second kappa shape index (κ2) is 9.50. The van der Waals surface area contributed by atoms with E-state index < -0.39 is 46.0 Å². The Kier molecular flexibility index (Phi) is 7.33. The Morgan fingerprint density at radius 3 is 2.29 bits per heavy atom. The highest BCUT2D eigenvalue weighted by Gasteiger charge is 2.35. The van der Waals surface area contributed by atoms with Gasteiger partial charge in [-0.3, -0.25) is 9.00 Å². The van der Waals surface area contributed by atoms with Crippen LogP contribution in [-0.4, -0.2) is 35.0 Å². The minimum Gasteiger partial charge on any atom is -0.467 e. The zero-order chi connectivity index (χ0) is 20.7. The number of halogens is 3. The fourth-order valence-electron chi connectivity index (χ4n) is 2.47. The van der Waals surface area contributed by atoms with Gasteiger partial charge in [-0.1, -0.05) is 30.3 Å². The number of nitrogens with one attached hydrogen (secondary N) is 1. The van der Waals surface area contributed by atoms with Crippen molar-refractivity contribution < 1.29 is 31.7 Å². The fourth-order valence-corrected chi connectivity index (χ4v) is 3.62. The molecule has 0 aliphatic rings. The number of ether oxygens (including phenoxy) is 1. The Morgan fingerprint density at radius 1 is 1.07 bits per heavy atom. The molecule has 0 spiro atoms. The van der Waals surface area contributed by atoms with Gasteiger partial charge >= 0.3 is 12.1 Å². The Hall–Kier alpha value is -2.68. The first kappa shape index (κ1) is 21.6. The predicted octanol–water partition coefficient (Wildman–Crippen LogP) is 3.17. The highest BCUT2D eigenvalue weighted by molar-refractivity contribution is 7.85. The number of hydrogen-bond acceptors (Lipinski definition) is 4. The first-order valence-electron chi connectivity index (χ1n) is 8.22. The largest absolute Gasteiger partial charge is 0.467 e. The van der Waals surface area contributed by atoms with E-state index in [1.54, 1.807) is 30.3 Å². The van der Waals surface area contributed by atoms with Gasteiger partial charge in [-0.2, -0.15) is 13.2 Å². The van der Waals surface area contributed by atoms with Crippen LogP contribution in [0.15, 0.2) is 59.5 Å². The molecule has 0 aliphatic heterocycles. The van der Waals surface area contributed by atoms with Crippen molar-refractivity contribution in [2.45, 2.75) is 23.5 Å². The maximum atomic E-state index is 13.1. The van der Waals surface area contributed by atoms with Crippen LogP contribution < -0.4 is 5.32 Å². The summed E-state index contributed by atoms with van der Waals surface area (Å²) in [4.78, 5) is 24.9. The first-order chi connectivity index (χ1) is 13.2. The van der Waals surface area contributed by atoms with Crippen LogP contribution in [0.4, 0.5) is 13.2 Å². The molecule has 0 aromatic heterocycles. The number of benzene rings is 2. The van der Waals surface area contributed by atoms with Crippen LogP contribution in [0.5, 0.6) is 0 Å². The molecule has 2 aromatic carbocycles. The second-order valence-corrected chi connectivity index (χ2v) is 7.31. The van der Waals surface area contributed by atoms with Crippen molar-refractivity contribution in [1.82, 2.24) is 5.32 Å². The minimum absolute atomic E-state index is 0.0188. The van der Waals surface area contributed by atoms with E-state index in [0.717, 1.165) is 19.2 Å². The van der Waals surface area contributed by atoms with Crippen LogP contribution in [0.2, 0.25) is 0 Å². The van der Waals surface area contributed by atoms with E-state index in [2.05, 4.69) is 10.1 Å². The van der Waals surface area contributed by atoms with Crippen molar-refractivity contribution >= 4 is 22.7 Å². The smallest absolute Gasteiger partial charge is 0.417 e. The first-order valence-corrected chi connectivity index (χ1v) is 9.54. The molecular formula is C19H18F3NO4S. The van der Waals surface area contributed by atoms with Crippen LogP contribution in [-0.2, 0) is 26.5 Å². The van der Waals surface area contributed by atoms with Crippen molar-refractivity contribution in [3.05, 3.63) is 65.7 Å². The SMILES string of the molecule is COC(=O)[C@@H](CC[S@](=O)c1ccccc1)NC(=O)c1ccccc1C(F)(F)F. The summed E-state index contributed by atoms with van der Waals surface area (Å²) in [5.74, 6) is -1.87. The lowest BCUT2D eigenvalue weighted by molar-refractivity contribution is -0.142. The second-order valence-electron chi connectivity index (χ2n) is 5.74. The summed E-state index contributed by atoms with van der Waals surface area (Å²) in [6, 6.07) is 11.5. The summed E-state index contributed by atoms with van der Waals surface area (Å²) < 4.78 is 56.2. The molecule has 2 aromatic rings. The third-order valence-corrected chi connectivity index (χ3v) is 5.27. The van der Waals surface area contributed by atoms with Gasteiger partial charge in [0, 0.05) is 10.6 Å². The van der Waals surface area contributed by atoms with Crippen LogP contribution in [0.25, 0.3) is 0 Å². The average Bonchev–Trinajstić information content (AvgIpc) is 2.70. The quantitative estimate of drug-likeness (QED) is 0.708. The maximum Gasteiger partial charge on any atom is 0.417 e. The van der Waals surface area contributed by atoms with Gasteiger partial charge in [-0.15, -0.1) is 0 Å². The van der Waals surface area contributed by atoms with E-state index in [1.807, 2.05) is 0 Å². The highest BCUT2D eigenvalue weighted by atomic mass is 32.2. The van der Waals surface area contributed by atoms with Crippen molar-refractivity contribution in [3.63, 3.8) is 0 Å². The van der Waals surface area contributed by atoms with Gasteiger partial charge < -0.3 is 10.1 Å². The Balaban J connectivity index is 2.14. The number of alkyl halides is 3. The van der Waals surface area contributed by atoms with Crippen molar-refractivity contribution in [3.8, 4) is 0 Å². The summed E-state index contributed by atoms with van der Waals surface area (Å²) in [6.45, 7) is 0. The van der Waals surface area contributed by atoms with Crippen LogP contribution >= 0.6 is 0 Å². The van der Waals surface area contributed by atoms with Crippen molar-refractivity contribution in [2.24, 2.45) is 0 Å². The van der Waals surface area contributed by atoms with E-state index in [-0.39, 0.29) is 12.2 Å². The molecule has 0 bridgehead atoms. The number of methoxy groups -OCH3 is 1. The maximum absolute atomic E-state index is 13.1. The van der Waals surface area contributed by atoms with E-state index in [4.69, 9.17) is 0 Å². The lowest BCUT2D eigenvalue weighted by Gasteiger charge is -2.18. The van der Waals surface area contributed by atoms with Gasteiger partial charge in [0.1, 0.15) is 6.04 Å². The van der Waals surface area contributed by atoms with E-state index in [1.165, 1.54) is 12.1 Å². The molecular weight excluding hydrogens is 395 g/mol. The van der Waals surface area contributed by atoms with E-state index >= 15 is 0 Å². The van der Waals surface area contributed by atoms with Gasteiger partial charge in [0.15, 0.2) is 0 Å². The number of hydrogen-bond donors (Lipinski definition) is 1. The van der Waals surface area contributed by atoms with Gasteiger partial charge in [0.2, 0.25) is 0 Å². The van der Waals surface area contributed by atoms with Gasteiger partial charge in [-0.05, 0) is 30.7 Å². The summed E-state index contributed by atoms with van der Waals surface area (Å²) in [5, 5.41) is 2.26. The molecule has 28 heavy (non-hydrogen) atoms. The van der Waals surface area contributed by atoms with Gasteiger partial charge in [0.25, 0.3) is 5.91 Å². The standard InChI is InChI=1S/C19H18F3NO4S/c1-27-18(25)16(11-12-28(26)13-7-3-2-4-8-13)23-17(24)14-9-5-6-10-15(14)19(20,21)22/h2-10,16H,11-12H2,1H3,(H,23,24)/t16-,28+/m1/s1. The van der Waals surface area contributed by atoms with Crippen molar-refractivity contribution in [2.75, 3.05) is 12.9 Å². The molecule has 0 radical (unpaired) electrons. The Bertz CT molecular complexity index is 856. The molecule has 5 nitrogen and oxygen atoms in total. The minimum atomic E-state index is -4.72. The van der Waals surface area contributed by atoms with Crippen molar-refractivity contribution in [1.29, 1.82) is 0 Å². The van der Waals surface area contributed by atoms with E-state index in [0.29, 0.717) is 4.90 Å². The molecule has 0 saturated carbocycles. The zero-order valence-corrected chi connectivity index (χ0v) is 15.7. The average molecular weight is 413 g/mol. The molecule has 0 aliphatic carbocycles. The summed E-state index contributed by atoms with van der Waals surface area (Å²) in [7, 11) is -0.343. The highest BCUT2D eigenvalue weighted by Crippen LogP contribution is 2.31. The Labute approximate surface area is 162 Å². The molecule has 2 atom stereocenters. The third kappa shape index (κ3) is 5.66. The van der Waals surface area contributed by atoms with Gasteiger partial charge in [0.05, 0.1) is 29.0 Å². The lowest BCUT2D eigenvalue weighted by atomic mass is 10.1. The molecule has 9 heteroatoms. The molecule has 2 rings (SSSR count). The monoisotopic (exact) mass is 413 g/mol. The van der Waals surface area contributed by atoms with Gasteiger partial charge in [-0.25, -0.2) is 4.79 Å². The van der Waals surface area contributed by atoms with Crippen LogP contribution in [0.3, 0.4) is 0 Å².